The summed E-state index contributed by atoms with van der Waals surface area (Å²) in [5, 5.41) is 2.08. The van der Waals surface area contributed by atoms with Crippen molar-refractivity contribution in [2.24, 2.45) is 0 Å². The quantitative estimate of drug-likeness (QED) is 0.572. The smallest absolute Gasteiger partial charge is 0.331 e. The van der Waals surface area contributed by atoms with Crippen LogP contribution in [0.25, 0.3) is 11.4 Å². The van der Waals surface area contributed by atoms with E-state index < -0.39 is 24.6 Å². The molecule has 1 unspecified atom stereocenters. The van der Waals surface area contributed by atoms with E-state index in [1.54, 1.807) is 6.92 Å². The van der Waals surface area contributed by atoms with Crippen molar-refractivity contribution in [3.63, 3.8) is 0 Å². The van der Waals surface area contributed by atoms with E-state index in [9.17, 15) is 17.7 Å². The third kappa shape index (κ3) is 4.36. The molecule has 1 heterocycles. The van der Waals surface area contributed by atoms with E-state index in [0.717, 1.165) is 6.07 Å². The number of halogens is 4. The highest BCUT2D eigenvalue weighted by Gasteiger charge is 2.35. The molecule has 0 saturated heterocycles. The molecule has 0 radical (unpaired) electrons. The van der Waals surface area contributed by atoms with E-state index in [1.807, 2.05) is 0 Å². The van der Waals surface area contributed by atoms with Crippen LogP contribution in [0, 0.1) is 5.82 Å². The lowest BCUT2D eigenvalue weighted by Gasteiger charge is -2.17. The molecule has 1 N–H and O–H groups in total. The predicted octanol–water partition coefficient (Wildman–Crippen LogP) is 4.11. The first kappa shape index (κ1) is 18.9. The van der Waals surface area contributed by atoms with Gasteiger partial charge in [0.1, 0.15) is 5.82 Å². The number of rotatable bonds is 7. The highest BCUT2D eigenvalue weighted by atomic mass is 35.5. The molecule has 0 aliphatic carbocycles. The van der Waals surface area contributed by atoms with Crippen molar-refractivity contribution < 1.29 is 26.8 Å². The monoisotopic (exact) mass is 383 g/mol. The summed E-state index contributed by atoms with van der Waals surface area (Å²) < 4.78 is 61.8. The van der Waals surface area contributed by atoms with Crippen LogP contribution in [0.3, 0.4) is 0 Å². The van der Waals surface area contributed by atoms with Crippen molar-refractivity contribution in [3.05, 3.63) is 35.5 Å². The maximum absolute atomic E-state index is 14.2. The average Bonchev–Trinajstić information content (AvgIpc) is 3.00. The SMILES string of the molecule is CCOP(=O)(Cc1ccc(-c2noc(C(F)(F)Cl)n2)cc1F)NC. The first-order chi connectivity index (χ1) is 11.2. The van der Waals surface area contributed by atoms with Crippen LogP contribution in [0.4, 0.5) is 13.2 Å². The third-order valence-electron chi connectivity index (χ3n) is 3.04. The molecule has 0 saturated carbocycles. The van der Waals surface area contributed by atoms with Crippen LogP contribution in [0.5, 0.6) is 0 Å². The molecule has 1 atom stereocenters. The Morgan fingerprint density at radius 2 is 2.17 bits per heavy atom. The van der Waals surface area contributed by atoms with E-state index in [4.69, 9.17) is 16.1 Å². The maximum atomic E-state index is 14.2. The highest BCUT2D eigenvalue weighted by Crippen LogP contribution is 2.45. The van der Waals surface area contributed by atoms with Crippen LogP contribution in [-0.2, 0) is 20.6 Å². The van der Waals surface area contributed by atoms with Gasteiger partial charge in [-0.1, -0.05) is 17.3 Å². The van der Waals surface area contributed by atoms with Gasteiger partial charge in [-0.05, 0) is 37.2 Å². The Balaban J connectivity index is 2.27. The van der Waals surface area contributed by atoms with Gasteiger partial charge in [-0.25, -0.2) is 9.48 Å². The Morgan fingerprint density at radius 1 is 1.46 bits per heavy atom. The Hall–Kier alpha value is -1.41. The summed E-state index contributed by atoms with van der Waals surface area (Å²) in [5.41, 5.74) is 0.249. The van der Waals surface area contributed by atoms with Gasteiger partial charge in [0.2, 0.25) is 5.82 Å². The summed E-state index contributed by atoms with van der Waals surface area (Å²) in [6.07, 6.45) is -0.166. The van der Waals surface area contributed by atoms with E-state index in [2.05, 4.69) is 19.8 Å². The number of hydrogen-bond acceptors (Lipinski definition) is 5. The summed E-state index contributed by atoms with van der Waals surface area (Å²) in [6.45, 7) is 1.88. The molecule has 0 amide bonds. The van der Waals surface area contributed by atoms with E-state index in [1.165, 1.54) is 19.2 Å². The minimum Gasteiger partial charge on any atom is -0.331 e. The van der Waals surface area contributed by atoms with E-state index >= 15 is 0 Å². The number of alkyl halides is 3. The normalized spacial score (nSPS) is 14.6. The summed E-state index contributed by atoms with van der Waals surface area (Å²) in [4.78, 5) is 3.42. The van der Waals surface area contributed by atoms with Gasteiger partial charge in [0.05, 0.1) is 12.8 Å². The summed E-state index contributed by atoms with van der Waals surface area (Å²) in [5.74, 6) is -2.02. The molecule has 24 heavy (non-hydrogen) atoms. The number of nitrogens with zero attached hydrogens (tertiary/aromatic N) is 2. The fourth-order valence-corrected chi connectivity index (χ4v) is 3.47. The summed E-state index contributed by atoms with van der Waals surface area (Å²) >= 11 is 4.78. The number of nitrogens with one attached hydrogen (secondary N) is 1. The van der Waals surface area contributed by atoms with Crippen LogP contribution in [0.2, 0.25) is 0 Å². The molecule has 132 valence electrons. The molecular formula is C13H14ClF3N3O3P. The minimum absolute atomic E-state index is 0.114. The van der Waals surface area contributed by atoms with Crippen LogP contribution in [-0.4, -0.2) is 23.8 Å². The second-order valence-electron chi connectivity index (χ2n) is 4.70. The van der Waals surface area contributed by atoms with E-state index in [-0.39, 0.29) is 29.7 Å². The van der Waals surface area contributed by atoms with Crippen molar-refractivity contribution >= 4 is 19.1 Å². The van der Waals surface area contributed by atoms with Gasteiger partial charge in [-0.3, -0.25) is 4.57 Å². The third-order valence-corrected chi connectivity index (χ3v) is 5.31. The molecule has 0 fully saturated rings. The minimum atomic E-state index is -3.80. The first-order valence-electron chi connectivity index (χ1n) is 6.81. The van der Waals surface area contributed by atoms with Gasteiger partial charge in [-0.15, -0.1) is 0 Å². The maximum Gasteiger partial charge on any atom is 0.400 e. The van der Waals surface area contributed by atoms with Gasteiger partial charge in [0, 0.05) is 5.56 Å². The largest absolute Gasteiger partial charge is 0.400 e. The molecule has 1 aromatic heterocycles. The van der Waals surface area contributed by atoms with Gasteiger partial charge >= 0.3 is 11.3 Å². The first-order valence-corrected chi connectivity index (χ1v) is 8.99. The van der Waals surface area contributed by atoms with Crippen LogP contribution >= 0.6 is 19.1 Å². The number of benzene rings is 1. The Morgan fingerprint density at radius 3 is 2.67 bits per heavy atom. The van der Waals surface area contributed by atoms with Crippen molar-refractivity contribution in [2.45, 2.75) is 18.5 Å². The van der Waals surface area contributed by atoms with Crippen molar-refractivity contribution in [2.75, 3.05) is 13.7 Å². The van der Waals surface area contributed by atoms with E-state index in [0.29, 0.717) is 0 Å². The molecule has 0 aliphatic rings. The second-order valence-corrected chi connectivity index (χ2v) is 7.54. The predicted molar refractivity (Wildman–Crippen MR) is 81.4 cm³/mol. The van der Waals surface area contributed by atoms with Gasteiger partial charge in [-0.2, -0.15) is 13.8 Å². The lowest BCUT2D eigenvalue weighted by Crippen LogP contribution is -2.09. The zero-order valence-electron chi connectivity index (χ0n) is 12.7. The van der Waals surface area contributed by atoms with Crippen LogP contribution in [0.15, 0.2) is 22.7 Å². The van der Waals surface area contributed by atoms with Crippen LogP contribution < -0.4 is 5.09 Å². The van der Waals surface area contributed by atoms with Crippen molar-refractivity contribution in [1.82, 2.24) is 15.2 Å². The summed E-state index contributed by atoms with van der Waals surface area (Å²) in [6, 6.07) is 3.77. The van der Waals surface area contributed by atoms with Crippen molar-refractivity contribution in [3.8, 4) is 11.4 Å². The van der Waals surface area contributed by atoms with Crippen molar-refractivity contribution in [1.29, 1.82) is 0 Å². The number of hydrogen-bond donors (Lipinski definition) is 1. The lowest BCUT2D eigenvalue weighted by molar-refractivity contribution is 0.0551. The zero-order valence-corrected chi connectivity index (χ0v) is 14.4. The molecule has 2 rings (SSSR count). The zero-order chi connectivity index (χ0) is 18.0. The highest BCUT2D eigenvalue weighted by molar-refractivity contribution is 7.56. The van der Waals surface area contributed by atoms with Crippen LogP contribution in [0.1, 0.15) is 18.4 Å². The molecule has 0 bridgehead atoms. The number of aromatic nitrogens is 2. The topological polar surface area (TPSA) is 77.2 Å². The second kappa shape index (κ2) is 7.23. The standard InChI is InChI=1S/C13H14ClF3N3O3P/c1-3-22-24(21,18-2)7-9-5-4-8(6-10(9)15)11-19-12(23-20-11)13(14,16)17/h4-6H,3,7H2,1-2H3,(H,18,21). The molecule has 1 aromatic carbocycles. The fraction of sp³-hybridized carbons (Fsp3) is 0.385. The Kier molecular flexibility index (Phi) is 5.70. The average molecular weight is 384 g/mol. The molecular weight excluding hydrogens is 370 g/mol. The van der Waals surface area contributed by atoms with Gasteiger partial charge in [0.25, 0.3) is 7.52 Å². The molecule has 0 spiro atoms. The summed E-state index contributed by atoms with van der Waals surface area (Å²) in [7, 11) is -1.76. The molecule has 6 nitrogen and oxygen atoms in total. The fourth-order valence-electron chi connectivity index (χ4n) is 1.89. The molecule has 11 heteroatoms. The Labute approximate surface area is 140 Å². The van der Waals surface area contributed by atoms with Gasteiger partial charge in [0.15, 0.2) is 0 Å². The lowest BCUT2D eigenvalue weighted by atomic mass is 10.1. The Bertz CT molecular complexity index is 766. The van der Waals surface area contributed by atoms with Gasteiger partial charge < -0.3 is 9.05 Å². The molecule has 2 aromatic rings. The molecule has 0 aliphatic heterocycles.